The lowest BCUT2D eigenvalue weighted by Crippen LogP contribution is -2.13. The van der Waals surface area contributed by atoms with Crippen molar-refractivity contribution in [3.63, 3.8) is 0 Å². The number of carbonyl (C=O) groups excluding carboxylic acids is 1. The Morgan fingerprint density at radius 3 is 2.00 bits per heavy atom. The number of carboxylic acids is 1. The van der Waals surface area contributed by atoms with Crippen molar-refractivity contribution in [2.24, 2.45) is 0 Å². The van der Waals surface area contributed by atoms with E-state index >= 15 is 0 Å². The van der Waals surface area contributed by atoms with E-state index in [4.69, 9.17) is 9.84 Å². The van der Waals surface area contributed by atoms with Gasteiger partial charge < -0.3 is 9.84 Å². The molecule has 1 unspecified atom stereocenters. The predicted octanol–water partition coefficient (Wildman–Crippen LogP) is 5.76. The van der Waals surface area contributed by atoms with E-state index in [0.717, 1.165) is 44.9 Å². The number of rotatable bonds is 15. The first-order chi connectivity index (χ1) is 12.6. The van der Waals surface area contributed by atoms with Gasteiger partial charge in [-0.2, -0.15) is 0 Å². The molecule has 1 atom stereocenters. The molecule has 4 nitrogen and oxygen atoms in total. The van der Waals surface area contributed by atoms with Gasteiger partial charge in [0.2, 0.25) is 0 Å². The quantitative estimate of drug-likeness (QED) is 0.228. The molecular weight excluding hydrogens is 328 g/mol. The zero-order valence-corrected chi connectivity index (χ0v) is 16.2. The van der Waals surface area contributed by atoms with Crippen molar-refractivity contribution < 1.29 is 19.4 Å². The van der Waals surface area contributed by atoms with Crippen molar-refractivity contribution in [3.05, 3.63) is 48.6 Å². The van der Waals surface area contributed by atoms with E-state index in [1.165, 1.54) is 6.92 Å². The summed E-state index contributed by atoms with van der Waals surface area (Å²) in [6.07, 6.45) is 23.6. The lowest BCUT2D eigenvalue weighted by Gasteiger charge is -2.12. The van der Waals surface area contributed by atoms with Gasteiger partial charge in [-0.05, 0) is 51.0 Å². The van der Waals surface area contributed by atoms with Crippen molar-refractivity contribution >= 4 is 11.9 Å². The fraction of sp³-hybridized carbons (Fsp3) is 0.545. The van der Waals surface area contributed by atoms with Gasteiger partial charge in [-0.15, -0.1) is 0 Å². The molecule has 1 N–H and O–H groups in total. The maximum atomic E-state index is 11.2. The second kappa shape index (κ2) is 17.7. The highest BCUT2D eigenvalue weighted by molar-refractivity contribution is 5.66. The molecule has 0 heterocycles. The SMILES string of the molecule is CC/C=C\C/C=C\C/C=C\C/C=C\C(CCCCCC(=O)O)OC(C)=O. The molecule has 0 aliphatic carbocycles. The summed E-state index contributed by atoms with van der Waals surface area (Å²) < 4.78 is 5.29. The van der Waals surface area contributed by atoms with Crippen LogP contribution in [0.15, 0.2) is 48.6 Å². The number of hydrogen-bond donors (Lipinski definition) is 1. The first-order valence-electron chi connectivity index (χ1n) is 9.56. The zero-order chi connectivity index (χ0) is 19.5. The van der Waals surface area contributed by atoms with Gasteiger partial charge >= 0.3 is 11.9 Å². The molecule has 0 fully saturated rings. The van der Waals surface area contributed by atoms with Crippen molar-refractivity contribution in [1.82, 2.24) is 0 Å². The second-order valence-corrected chi connectivity index (χ2v) is 6.10. The summed E-state index contributed by atoms with van der Waals surface area (Å²) in [6, 6.07) is 0. The Morgan fingerprint density at radius 1 is 0.885 bits per heavy atom. The minimum Gasteiger partial charge on any atom is -0.481 e. The van der Waals surface area contributed by atoms with Gasteiger partial charge in [0.15, 0.2) is 0 Å². The molecule has 0 spiro atoms. The Hall–Kier alpha value is -2.10. The Balaban J connectivity index is 4.01. The van der Waals surface area contributed by atoms with Crippen LogP contribution >= 0.6 is 0 Å². The molecule has 4 heteroatoms. The minimum absolute atomic E-state index is 0.197. The standard InChI is InChI=1S/C22H34O4/c1-3-4-5-6-7-8-9-10-11-12-14-17-21(26-20(2)23)18-15-13-16-19-22(24)25/h4-5,7-8,10-11,14,17,21H,3,6,9,12-13,15-16,18-19H2,1-2H3,(H,24,25)/b5-4-,8-7-,11-10-,17-14-. The molecule has 0 saturated heterocycles. The number of ether oxygens (including phenoxy) is 1. The lowest BCUT2D eigenvalue weighted by molar-refractivity contribution is -0.144. The van der Waals surface area contributed by atoms with Crippen LogP contribution in [0, 0.1) is 0 Å². The van der Waals surface area contributed by atoms with E-state index in [9.17, 15) is 9.59 Å². The van der Waals surface area contributed by atoms with Crippen molar-refractivity contribution in [3.8, 4) is 0 Å². The molecule has 26 heavy (non-hydrogen) atoms. The fourth-order valence-electron chi connectivity index (χ4n) is 2.32. The van der Waals surface area contributed by atoms with Crippen LogP contribution in [0.1, 0.15) is 71.6 Å². The fourth-order valence-corrected chi connectivity index (χ4v) is 2.32. The molecule has 0 aliphatic heterocycles. The molecule has 0 aromatic rings. The highest BCUT2D eigenvalue weighted by Crippen LogP contribution is 2.10. The van der Waals surface area contributed by atoms with Gasteiger partial charge in [0.25, 0.3) is 0 Å². The summed E-state index contributed by atoms with van der Waals surface area (Å²) >= 11 is 0. The van der Waals surface area contributed by atoms with E-state index in [1.807, 2.05) is 12.2 Å². The van der Waals surface area contributed by atoms with Crippen LogP contribution in [-0.2, 0) is 14.3 Å². The first-order valence-corrected chi connectivity index (χ1v) is 9.56. The van der Waals surface area contributed by atoms with Gasteiger partial charge in [0.05, 0.1) is 0 Å². The van der Waals surface area contributed by atoms with Crippen molar-refractivity contribution in [2.75, 3.05) is 0 Å². The van der Waals surface area contributed by atoms with E-state index in [1.54, 1.807) is 0 Å². The van der Waals surface area contributed by atoms with Gasteiger partial charge in [-0.1, -0.05) is 55.9 Å². The lowest BCUT2D eigenvalue weighted by atomic mass is 10.1. The Kier molecular flexibility index (Phi) is 16.3. The summed E-state index contributed by atoms with van der Waals surface area (Å²) in [5.41, 5.74) is 0. The minimum atomic E-state index is -0.763. The van der Waals surface area contributed by atoms with Crippen LogP contribution in [0.3, 0.4) is 0 Å². The molecule has 0 radical (unpaired) electrons. The van der Waals surface area contributed by atoms with Crippen LogP contribution in [0.5, 0.6) is 0 Å². The molecule has 0 saturated carbocycles. The van der Waals surface area contributed by atoms with Gasteiger partial charge in [0.1, 0.15) is 6.10 Å². The molecule has 0 aliphatic rings. The number of unbranched alkanes of at least 4 members (excludes halogenated alkanes) is 2. The summed E-state index contributed by atoms with van der Waals surface area (Å²) in [5.74, 6) is -1.05. The molecule has 146 valence electrons. The number of carbonyl (C=O) groups is 2. The average Bonchev–Trinajstić information content (AvgIpc) is 2.58. The Bertz CT molecular complexity index is 486. The highest BCUT2D eigenvalue weighted by atomic mass is 16.5. The van der Waals surface area contributed by atoms with Crippen LogP contribution < -0.4 is 0 Å². The summed E-state index contributed by atoms with van der Waals surface area (Å²) in [7, 11) is 0. The molecule has 0 aromatic heterocycles. The van der Waals surface area contributed by atoms with E-state index in [0.29, 0.717) is 6.42 Å². The highest BCUT2D eigenvalue weighted by Gasteiger charge is 2.07. The summed E-state index contributed by atoms with van der Waals surface area (Å²) in [6.45, 7) is 3.54. The largest absolute Gasteiger partial charge is 0.481 e. The second-order valence-electron chi connectivity index (χ2n) is 6.10. The Morgan fingerprint density at radius 2 is 1.46 bits per heavy atom. The monoisotopic (exact) mass is 362 g/mol. The van der Waals surface area contributed by atoms with Crippen LogP contribution in [0.2, 0.25) is 0 Å². The predicted molar refractivity (Wildman–Crippen MR) is 107 cm³/mol. The third kappa shape index (κ3) is 18.2. The van der Waals surface area contributed by atoms with Crippen LogP contribution in [0.4, 0.5) is 0 Å². The van der Waals surface area contributed by atoms with Crippen LogP contribution in [0.25, 0.3) is 0 Å². The third-order valence-electron chi connectivity index (χ3n) is 3.60. The van der Waals surface area contributed by atoms with Crippen molar-refractivity contribution in [2.45, 2.75) is 77.7 Å². The summed E-state index contributed by atoms with van der Waals surface area (Å²) in [4.78, 5) is 21.6. The molecule has 0 rings (SSSR count). The van der Waals surface area contributed by atoms with E-state index in [2.05, 4.69) is 43.4 Å². The van der Waals surface area contributed by atoms with E-state index < -0.39 is 5.97 Å². The van der Waals surface area contributed by atoms with E-state index in [-0.39, 0.29) is 18.5 Å². The molecule has 0 bridgehead atoms. The number of carboxylic acid groups (broad SMARTS) is 1. The topological polar surface area (TPSA) is 63.6 Å². The maximum absolute atomic E-state index is 11.2. The third-order valence-corrected chi connectivity index (χ3v) is 3.60. The number of aliphatic carboxylic acids is 1. The number of esters is 1. The number of allylic oxidation sites excluding steroid dienone is 7. The average molecular weight is 363 g/mol. The van der Waals surface area contributed by atoms with Gasteiger partial charge in [-0.25, -0.2) is 0 Å². The normalized spacial score (nSPS) is 13.3. The van der Waals surface area contributed by atoms with Gasteiger partial charge in [-0.3, -0.25) is 9.59 Å². The van der Waals surface area contributed by atoms with Crippen LogP contribution in [-0.4, -0.2) is 23.1 Å². The molecule has 0 amide bonds. The van der Waals surface area contributed by atoms with Crippen molar-refractivity contribution in [1.29, 1.82) is 0 Å². The first kappa shape index (κ1) is 23.9. The molecular formula is C22H34O4. The van der Waals surface area contributed by atoms with Gasteiger partial charge in [0, 0.05) is 13.3 Å². The zero-order valence-electron chi connectivity index (χ0n) is 16.2. The smallest absolute Gasteiger partial charge is 0.303 e. The summed E-state index contributed by atoms with van der Waals surface area (Å²) in [5, 5.41) is 8.62. The maximum Gasteiger partial charge on any atom is 0.303 e. The molecule has 0 aromatic carbocycles. The number of hydrogen-bond acceptors (Lipinski definition) is 3. The Labute approximate surface area is 158 Å².